The van der Waals surface area contributed by atoms with Crippen molar-refractivity contribution < 1.29 is 19.4 Å². The van der Waals surface area contributed by atoms with Gasteiger partial charge in [-0.2, -0.15) is 0 Å². The van der Waals surface area contributed by atoms with Gasteiger partial charge in [0.15, 0.2) is 0 Å². The molecule has 1 aromatic carbocycles. The van der Waals surface area contributed by atoms with Crippen molar-refractivity contribution in [1.29, 1.82) is 0 Å². The maximum Gasteiger partial charge on any atom is 0.307 e. The van der Waals surface area contributed by atoms with E-state index in [0.717, 1.165) is 11.3 Å². The van der Waals surface area contributed by atoms with Crippen molar-refractivity contribution in [2.75, 3.05) is 7.11 Å². The van der Waals surface area contributed by atoms with E-state index in [2.05, 4.69) is 5.32 Å². The van der Waals surface area contributed by atoms with Crippen molar-refractivity contribution in [3.05, 3.63) is 29.8 Å². The normalized spacial score (nSPS) is 13.4. The number of aliphatic carboxylic acids is 1. The summed E-state index contributed by atoms with van der Waals surface area (Å²) in [5.74, 6) is -1.78. The number of benzene rings is 1. The highest BCUT2D eigenvalue weighted by Crippen LogP contribution is 2.14. The lowest BCUT2D eigenvalue weighted by atomic mass is 9.95. The van der Waals surface area contributed by atoms with Crippen molar-refractivity contribution in [1.82, 2.24) is 5.32 Å². The molecule has 0 radical (unpaired) electrons. The van der Waals surface area contributed by atoms with E-state index >= 15 is 0 Å². The molecule has 1 amide bonds. The molecule has 5 heteroatoms. The number of carboxylic acid groups (broad SMARTS) is 1. The van der Waals surface area contributed by atoms with Crippen molar-refractivity contribution in [3.8, 4) is 5.75 Å². The van der Waals surface area contributed by atoms with Crippen LogP contribution in [0.3, 0.4) is 0 Å². The molecule has 0 bridgehead atoms. The number of ether oxygens (including phenoxy) is 1. The fourth-order valence-corrected chi connectivity index (χ4v) is 1.57. The molecule has 5 nitrogen and oxygen atoms in total. The van der Waals surface area contributed by atoms with E-state index in [-0.39, 0.29) is 5.91 Å². The summed E-state index contributed by atoms with van der Waals surface area (Å²) in [6.07, 6.45) is 0. The smallest absolute Gasteiger partial charge is 0.307 e. The van der Waals surface area contributed by atoms with Gasteiger partial charge in [0.1, 0.15) is 5.75 Å². The highest BCUT2D eigenvalue weighted by atomic mass is 16.5. The molecule has 0 aliphatic heterocycles. The summed E-state index contributed by atoms with van der Waals surface area (Å²) >= 11 is 0. The second kappa shape index (κ2) is 6.78. The Morgan fingerprint density at radius 3 is 2.58 bits per heavy atom. The average molecular weight is 265 g/mol. The summed E-state index contributed by atoms with van der Waals surface area (Å²) in [4.78, 5) is 22.6. The molecule has 1 aromatic rings. The van der Waals surface area contributed by atoms with E-state index in [9.17, 15) is 9.59 Å². The van der Waals surface area contributed by atoms with Crippen LogP contribution in [0.4, 0.5) is 0 Å². The first-order chi connectivity index (χ1) is 8.95. The SMILES string of the molecule is COc1cccc(CNC(=O)C(C)C(C)C(=O)O)c1. The van der Waals surface area contributed by atoms with Gasteiger partial charge in [0.2, 0.25) is 5.91 Å². The summed E-state index contributed by atoms with van der Waals surface area (Å²) in [5.41, 5.74) is 0.905. The van der Waals surface area contributed by atoms with Crippen LogP contribution in [0.15, 0.2) is 24.3 Å². The van der Waals surface area contributed by atoms with Crippen molar-refractivity contribution in [2.24, 2.45) is 11.8 Å². The second-order valence-electron chi connectivity index (χ2n) is 4.48. The zero-order valence-corrected chi connectivity index (χ0v) is 11.3. The minimum Gasteiger partial charge on any atom is -0.497 e. The molecule has 2 atom stereocenters. The van der Waals surface area contributed by atoms with E-state index in [0.29, 0.717) is 6.54 Å². The van der Waals surface area contributed by atoms with Crippen molar-refractivity contribution >= 4 is 11.9 Å². The molecule has 104 valence electrons. The van der Waals surface area contributed by atoms with Gasteiger partial charge in [0, 0.05) is 12.5 Å². The summed E-state index contributed by atoms with van der Waals surface area (Å²) in [7, 11) is 1.58. The first-order valence-corrected chi connectivity index (χ1v) is 6.09. The molecule has 1 rings (SSSR count). The zero-order chi connectivity index (χ0) is 14.4. The fourth-order valence-electron chi connectivity index (χ4n) is 1.57. The second-order valence-corrected chi connectivity index (χ2v) is 4.48. The highest BCUT2D eigenvalue weighted by molar-refractivity contribution is 5.84. The van der Waals surface area contributed by atoms with Gasteiger partial charge in [-0.25, -0.2) is 0 Å². The molecule has 0 aromatic heterocycles. The molecular weight excluding hydrogens is 246 g/mol. The maximum absolute atomic E-state index is 11.8. The Hall–Kier alpha value is -2.04. The van der Waals surface area contributed by atoms with Gasteiger partial charge in [-0.15, -0.1) is 0 Å². The molecule has 2 unspecified atom stereocenters. The monoisotopic (exact) mass is 265 g/mol. The largest absolute Gasteiger partial charge is 0.497 e. The van der Waals surface area contributed by atoms with Gasteiger partial charge >= 0.3 is 5.97 Å². The third-order valence-electron chi connectivity index (χ3n) is 3.15. The Bertz CT molecular complexity index is 459. The summed E-state index contributed by atoms with van der Waals surface area (Å²) in [6, 6.07) is 7.35. The first kappa shape index (κ1) is 15.0. The van der Waals surface area contributed by atoms with E-state index < -0.39 is 17.8 Å². The number of amides is 1. The van der Waals surface area contributed by atoms with Gasteiger partial charge in [-0.3, -0.25) is 9.59 Å². The third kappa shape index (κ3) is 4.28. The highest BCUT2D eigenvalue weighted by Gasteiger charge is 2.25. The van der Waals surface area contributed by atoms with Crippen LogP contribution in [-0.4, -0.2) is 24.1 Å². The molecule has 19 heavy (non-hydrogen) atoms. The quantitative estimate of drug-likeness (QED) is 0.820. The third-order valence-corrected chi connectivity index (χ3v) is 3.15. The van der Waals surface area contributed by atoms with Crippen LogP contribution in [0, 0.1) is 11.8 Å². The molecule has 0 heterocycles. The van der Waals surface area contributed by atoms with Crippen LogP contribution >= 0.6 is 0 Å². The molecular formula is C14H19NO4. The Morgan fingerprint density at radius 2 is 2.00 bits per heavy atom. The van der Waals surface area contributed by atoms with E-state index in [1.807, 2.05) is 24.3 Å². The lowest BCUT2D eigenvalue weighted by Gasteiger charge is -2.15. The number of carboxylic acids is 1. The Labute approximate surface area is 112 Å². The predicted octanol–water partition coefficient (Wildman–Crippen LogP) is 1.67. The van der Waals surface area contributed by atoms with Crippen LogP contribution in [0.2, 0.25) is 0 Å². The summed E-state index contributed by atoms with van der Waals surface area (Å²) in [5, 5.41) is 11.6. The van der Waals surface area contributed by atoms with Crippen LogP contribution in [0.5, 0.6) is 5.75 Å². The first-order valence-electron chi connectivity index (χ1n) is 6.09. The molecule has 0 spiro atoms. The number of carbonyl (C=O) groups excluding carboxylic acids is 1. The standard InChI is InChI=1S/C14H19NO4/c1-9(10(2)14(17)18)13(16)15-8-11-5-4-6-12(7-11)19-3/h4-7,9-10H,8H2,1-3H3,(H,15,16)(H,17,18). The summed E-state index contributed by atoms with van der Waals surface area (Å²) < 4.78 is 5.09. The Kier molecular flexibility index (Phi) is 5.36. The van der Waals surface area contributed by atoms with Crippen molar-refractivity contribution in [3.63, 3.8) is 0 Å². The van der Waals surface area contributed by atoms with E-state index in [1.165, 1.54) is 6.92 Å². The molecule has 0 fully saturated rings. The Balaban J connectivity index is 2.56. The van der Waals surface area contributed by atoms with Gasteiger partial charge in [-0.05, 0) is 17.7 Å². The van der Waals surface area contributed by atoms with Crippen LogP contribution in [0.1, 0.15) is 19.4 Å². The molecule has 0 aliphatic carbocycles. The van der Waals surface area contributed by atoms with Crippen LogP contribution in [-0.2, 0) is 16.1 Å². The van der Waals surface area contributed by atoms with Gasteiger partial charge in [-0.1, -0.05) is 26.0 Å². The predicted molar refractivity (Wildman–Crippen MR) is 70.8 cm³/mol. The molecule has 0 saturated heterocycles. The number of methoxy groups -OCH3 is 1. The summed E-state index contributed by atoms with van der Waals surface area (Å²) in [6.45, 7) is 3.49. The minimum absolute atomic E-state index is 0.266. The topological polar surface area (TPSA) is 75.6 Å². The number of hydrogen-bond acceptors (Lipinski definition) is 3. The molecule has 0 saturated carbocycles. The fraction of sp³-hybridized carbons (Fsp3) is 0.429. The average Bonchev–Trinajstić information content (AvgIpc) is 2.43. The van der Waals surface area contributed by atoms with Crippen molar-refractivity contribution in [2.45, 2.75) is 20.4 Å². The van der Waals surface area contributed by atoms with E-state index in [4.69, 9.17) is 9.84 Å². The van der Waals surface area contributed by atoms with Gasteiger partial charge in [0.05, 0.1) is 13.0 Å². The van der Waals surface area contributed by atoms with Gasteiger partial charge < -0.3 is 15.2 Å². The van der Waals surface area contributed by atoms with E-state index in [1.54, 1.807) is 14.0 Å². The maximum atomic E-state index is 11.8. The number of nitrogens with one attached hydrogen (secondary N) is 1. The molecule has 2 N–H and O–H groups in total. The zero-order valence-electron chi connectivity index (χ0n) is 11.3. The minimum atomic E-state index is -0.968. The number of rotatable bonds is 6. The molecule has 0 aliphatic rings. The Morgan fingerprint density at radius 1 is 1.32 bits per heavy atom. The lowest BCUT2D eigenvalue weighted by Crippen LogP contribution is -2.34. The lowest BCUT2D eigenvalue weighted by molar-refractivity contribution is -0.146. The number of carbonyl (C=O) groups is 2. The van der Waals surface area contributed by atoms with Crippen LogP contribution in [0.25, 0.3) is 0 Å². The van der Waals surface area contributed by atoms with Crippen LogP contribution < -0.4 is 10.1 Å². The number of hydrogen-bond donors (Lipinski definition) is 2. The van der Waals surface area contributed by atoms with Gasteiger partial charge in [0.25, 0.3) is 0 Å².